The molecule has 0 aliphatic rings. The van der Waals surface area contributed by atoms with Crippen molar-refractivity contribution in [2.75, 3.05) is 6.61 Å². The Morgan fingerprint density at radius 1 is 1.14 bits per heavy atom. The zero-order valence-electron chi connectivity index (χ0n) is 15.6. The van der Waals surface area contributed by atoms with Crippen LogP contribution in [0.4, 0.5) is 0 Å². The third-order valence-corrected chi connectivity index (χ3v) is 4.38. The van der Waals surface area contributed by atoms with Gasteiger partial charge in [0, 0.05) is 16.9 Å². The van der Waals surface area contributed by atoms with Crippen molar-refractivity contribution in [2.45, 2.75) is 32.2 Å². The first kappa shape index (κ1) is 20.8. The number of aryl methyl sites for hydroxylation is 1. The molecule has 0 N–H and O–H groups in total. The first-order chi connectivity index (χ1) is 13.4. The van der Waals surface area contributed by atoms with Crippen molar-refractivity contribution in [3.8, 4) is 6.07 Å². The number of hydrogen-bond donors (Lipinski definition) is 0. The van der Waals surface area contributed by atoms with E-state index in [2.05, 4.69) is 0 Å². The van der Waals surface area contributed by atoms with Crippen LogP contribution in [0.25, 0.3) is 0 Å². The lowest BCUT2D eigenvalue weighted by molar-refractivity contribution is -0.514. The van der Waals surface area contributed by atoms with Gasteiger partial charge in [-0.05, 0) is 31.5 Å². The fourth-order valence-electron chi connectivity index (χ4n) is 2.90. The van der Waals surface area contributed by atoms with Crippen molar-refractivity contribution in [3.63, 3.8) is 0 Å². The van der Waals surface area contributed by atoms with Gasteiger partial charge < -0.3 is 4.74 Å². The molecule has 7 heteroatoms. The van der Waals surface area contributed by atoms with E-state index in [-0.39, 0.29) is 18.8 Å². The Hall–Kier alpha value is -3.53. The average molecular weight is 380 g/mol. The highest BCUT2D eigenvalue weighted by molar-refractivity contribution is 5.97. The Morgan fingerprint density at radius 3 is 2.25 bits per heavy atom. The Balaban J connectivity index is 2.42. The minimum Gasteiger partial charge on any atom is -0.461 e. The first-order valence-electron chi connectivity index (χ1n) is 8.77. The summed E-state index contributed by atoms with van der Waals surface area (Å²) in [6.45, 7) is 3.44. The lowest BCUT2D eigenvalue weighted by atomic mass is 9.85. The molecule has 0 aliphatic carbocycles. The fraction of sp³-hybridized carbons (Fsp3) is 0.286. The third kappa shape index (κ3) is 5.01. The Kier molecular flexibility index (Phi) is 6.99. The second kappa shape index (κ2) is 9.42. The molecular formula is C21H20N2O5. The molecule has 2 rings (SSSR count). The highest BCUT2D eigenvalue weighted by atomic mass is 16.6. The first-order valence-corrected chi connectivity index (χ1v) is 8.77. The lowest BCUT2D eigenvalue weighted by Gasteiger charge is -2.20. The van der Waals surface area contributed by atoms with E-state index in [0.717, 1.165) is 5.56 Å². The molecule has 0 aliphatic heterocycles. The lowest BCUT2D eigenvalue weighted by Crippen LogP contribution is -2.38. The number of esters is 1. The number of rotatable bonds is 8. The van der Waals surface area contributed by atoms with Crippen molar-refractivity contribution in [1.29, 1.82) is 5.26 Å². The normalized spacial score (nSPS) is 12.5. The van der Waals surface area contributed by atoms with Gasteiger partial charge in [-0.15, -0.1) is 0 Å². The second-order valence-electron chi connectivity index (χ2n) is 6.32. The van der Waals surface area contributed by atoms with Gasteiger partial charge in [-0.25, -0.2) is 4.79 Å². The standard InChI is InChI=1S/C21H20N2O5/c1-3-28-21(25)20(23(26)27)18(16-10-6-15(13-22)7-11-16)12-19(24)17-8-4-14(2)5-9-17/h4-11,18,20H,3,12H2,1-2H3. The highest BCUT2D eigenvalue weighted by Crippen LogP contribution is 2.28. The Labute approximate surface area is 162 Å². The summed E-state index contributed by atoms with van der Waals surface area (Å²) in [4.78, 5) is 35.9. The van der Waals surface area contributed by atoms with Gasteiger partial charge in [0.05, 0.1) is 24.2 Å². The van der Waals surface area contributed by atoms with Gasteiger partial charge in [0.25, 0.3) is 0 Å². The van der Waals surface area contributed by atoms with Gasteiger partial charge in [-0.2, -0.15) is 5.26 Å². The molecule has 2 atom stereocenters. The number of nitrogens with zero attached hydrogens (tertiary/aromatic N) is 2. The Morgan fingerprint density at radius 2 is 1.75 bits per heavy atom. The maximum Gasteiger partial charge on any atom is 0.382 e. The molecule has 2 aromatic rings. The van der Waals surface area contributed by atoms with Gasteiger partial charge in [-0.1, -0.05) is 42.0 Å². The number of nitro groups is 1. The van der Waals surface area contributed by atoms with Crippen molar-refractivity contribution in [2.24, 2.45) is 0 Å². The molecule has 0 saturated heterocycles. The van der Waals surface area contributed by atoms with E-state index in [1.807, 2.05) is 13.0 Å². The van der Waals surface area contributed by atoms with Gasteiger partial charge >= 0.3 is 12.0 Å². The van der Waals surface area contributed by atoms with Crippen molar-refractivity contribution in [1.82, 2.24) is 0 Å². The van der Waals surface area contributed by atoms with E-state index in [9.17, 15) is 19.7 Å². The SMILES string of the molecule is CCOC(=O)C(C(CC(=O)c1ccc(C)cc1)c1ccc(C#N)cc1)[N+](=O)[O-]. The minimum absolute atomic E-state index is 0.00479. The van der Waals surface area contributed by atoms with Crippen molar-refractivity contribution in [3.05, 3.63) is 80.9 Å². The van der Waals surface area contributed by atoms with Gasteiger partial charge in [0.2, 0.25) is 0 Å². The minimum atomic E-state index is -1.72. The van der Waals surface area contributed by atoms with Gasteiger partial charge in [0.1, 0.15) is 0 Å². The predicted octanol–water partition coefficient (Wildman–Crippen LogP) is 3.43. The molecule has 144 valence electrons. The van der Waals surface area contributed by atoms with Crippen LogP contribution in [0.15, 0.2) is 48.5 Å². The van der Waals surface area contributed by atoms with Crippen LogP contribution in [0.1, 0.15) is 46.3 Å². The van der Waals surface area contributed by atoms with Crippen LogP contribution in [0, 0.1) is 28.4 Å². The number of hydrogen-bond acceptors (Lipinski definition) is 6. The summed E-state index contributed by atoms with van der Waals surface area (Å²) < 4.78 is 4.87. The zero-order valence-corrected chi connectivity index (χ0v) is 15.6. The van der Waals surface area contributed by atoms with Crippen LogP contribution in [0.5, 0.6) is 0 Å². The molecule has 0 aromatic heterocycles. The molecule has 2 aromatic carbocycles. The predicted molar refractivity (Wildman–Crippen MR) is 101 cm³/mol. The van der Waals surface area contributed by atoms with Crippen LogP contribution in [-0.2, 0) is 9.53 Å². The van der Waals surface area contributed by atoms with Crippen LogP contribution in [0.3, 0.4) is 0 Å². The molecule has 0 bridgehead atoms. The quantitative estimate of drug-likeness (QED) is 0.300. The van der Waals surface area contributed by atoms with Crippen LogP contribution >= 0.6 is 0 Å². The summed E-state index contributed by atoms with van der Waals surface area (Å²) in [6, 6.07) is 13.2. The van der Waals surface area contributed by atoms with E-state index in [0.29, 0.717) is 16.7 Å². The summed E-state index contributed by atoms with van der Waals surface area (Å²) in [7, 11) is 0. The second-order valence-corrected chi connectivity index (χ2v) is 6.32. The number of Topliss-reactive ketones (excluding diaryl/α,β-unsaturated/α-hetero) is 1. The zero-order chi connectivity index (χ0) is 20.7. The molecule has 0 saturated carbocycles. The Bertz CT molecular complexity index is 898. The van der Waals surface area contributed by atoms with Crippen molar-refractivity contribution < 1.29 is 19.2 Å². The fourth-order valence-corrected chi connectivity index (χ4v) is 2.90. The van der Waals surface area contributed by atoms with Crippen LogP contribution < -0.4 is 0 Å². The number of ether oxygens (including phenoxy) is 1. The maximum absolute atomic E-state index is 12.7. The monoisotopic (exact) mass is 380 g/mol. The van der Waals surface area contributed by atoms with E-state index >= 15 is 0 Å². The topological polar surface area (TPSA) is 110 Å². The number of carbonyl (C=O) groups is 2. The van der Waals surface area contributed by atoms with Gasteiger partial charge in [0.15, 0.2) is 5.78 Å². The maximum atomic E-state index is 12.7. The number of benzene rings is 2. The third-order valence-electron chi connectivity index (χ3n) is 4.38. The summed E-state index contributed by atoms with van der Waals surface area (Å²) >= 11 is 0. The molecule has 0 spiro atoms. The molecule has 0 heterocycles. The molecule has 28 heavy (non-hydrogen) atoms. The highest BCUT2D eigenvalue weighted by Gasteiger charge is 2.42. The molecule has 0 amide bonds. The summed E-state index contributed by atoms with van der Waals surface area (Å²) in [6.07, 6.45) is -0.237. The summed E-state index contributed by atoms with van der Waals surface area (Å²) in [5.74, 6) is -2.32. The number of carbonyl (C=O) groups excluding carboxylic acids is 2. The molecule has 2 unspecified atom stereocenters. The number of nitriles is 1. The number of ketones is 1. The molecule has 7 nitrogen and oxygen atoms in total. The summed E-state index contributed by atoms with van der Waals surface area (Å²) in [5, 5.41) is 20.6. The van der Waals surface area contributed by atoms with E-state index < -0.39 is 22.9 Å². The van der Waals surface area contributed by atoms with Crippen molar-refractivity contribution >= 4 is 11.8 Å². The smallest absolute Gasteiger partial charge is 0.382 e. The molecular weight excluding hydrogens is 360 g/mol. The molecule has 0 radical (unpaired) electrons. The largest absolute Gasteiger partial charge is 0.461 e. The van der Waals surface area contributed by atoms with Crippen LogP contribution in [-0.4, -0.2) is 29.3 Å². The average Bonchev–Trinajstić information content (AvgIpc) is 2.68. The van der Waals surface area contributed by atoms with Crippen LogP contribution in [0.2, 0.25) is 0 Å². The van der Waals surface area contributed by atoms with E-state index in [1.165, 1.54) is 24.3 Å². The molecule has 0 fully saturated rings. The van der Waals surface area contributed by atoms with E-state index in [1.54, 1.807) is 31.2 Å². The van der Waals surface area contributed by atoms with E-state index in [4.69, 9.17) is 10.00 Å². The van der Waals surface area contributed by atoms with Gasteiger partial charge in [-0.3, -0.25) is 14.9 Å². The summed E-state index contributed by atoms with van der Waals surface area (Å²) in [5.41, 5.74) is 2.19.